The van der Waals surface area contributed by atoms with Crippen molar-refractivity contribution in [2.75, 3.05) is 19.6 Å². The van der Waals surface area contributed by atoms with E-state index in [9.17, 15) is 4.79 Å². The summed E-state index contributed by atoms with van der Waals surface area (Å²) in [6, 6.07) is 0. The summed E-state index contributed by atoms with van der Waals surface area (Å²) in [7, 11) is 0. The number of carbonyl (C=O) groups excluding carboxylic acids is 1. The van der Waals surface area contributed by atoms with E-state index in [0.717, 1.165) is 19.5 Å². The SMILES string of the molecule is CCC1(CC)CCN(C(=O)C(CN)C(C)C)C1. The molecule has 0 bridgehead atoms. The van der Waals surface area contributed by atoms with Gasteiger partial charge in [-0.05, 0) is 30.6 Å². The predicted molar refractivity (Wildman–Crippen MR) is 71.6 cm³/mol. The largest absolute Gasteiger partial charge is 0.342 e. The van der Waals surface area contributed by atoms with Crippen molar-refractivity contribution >= 4 is 5.91 Å². The van der Waals surface area contributed by atoms with Crippen LogP contribution in [0.5, 0.6) is 0 Å². The van der Waals surface area contributed by atoms with Crippen molar-refractivity contribution < 1.29 is 4.79 Å². The van der Waals surface area contributed by atoms with Crippen LogP contribution in [0.15, 0.2) is 0 Å². The van der Waals surface area contributed by atoms with E-state index >= 15 is 0 Å². The van der Waals surface area contributed by atoms with Gasteiger partial charge in [0.1, 0.15) is 0 Å². The quantitative estimate of drug-likeness (QED) is 0.801. The summed E-state index contributed by atoms with van der Waals surface area (Å²) in [4.78, 5) is 14.4. The summed E-state index contributed by atoms with van der Waals surface area (Å²) in [5, 5.41) is 0. The summed E-state index contributed by atoms with van der Waals surface area (Å²) in [5.74, 6) is 0.608. The van der Waals surface area contributed by atoms with E-state index in [1.165, 1.54) is 12.8 Å². The lowest BCUT2D eigenvalue weighted by molar-refractivity contribution is -0.136. The summed E-state index contributed by atoms with van der Waals surface area (Å²) >= 11 is 0. The van der Waals surface area contributed by atoms with E-state index in [-0.39, 0.29) is 11.8 Å². The number of rotatable bonds is 5. The van der Waals surface area contributed by atoms with Gasteiger partial charge in [0.15, 0.2) is 0 Å². The van der Waals surface area contributed by atoms with Crippen molar-refractivity contribution in [3.8, 4) is 0 Å². The number of hydrogen-bond donors (Lipinski definition) is 1. The molecule has 1 atom stereocenters. The van der Waals surface area contributed by atoms with Gasteiger partial charge in [-0.3, -0.25) is 4.79 Å². The van der Waals surface area contributed by atoms with Crippen LogP contribution in [0.4, 0.5) is 0 Å². The van der Waals surface area contributed by atoms with Crippen molar-refractivity contribution in [2.45, 2.75) is 47.0 Å². The van der Waals surface area contributed by atoms with E-state index in [1.807, 2.05) is 4.90 Å². The maximum Gasteiger partial charge on any atom is 0.227 e. The zero-order valence-corrected chi connectivity index (χ0v) is 11.8. The molecule has 0 aromatic carbocycles. The molecule has 0 radical (unpaired) electrons. The molecule has 2 N–H and O–H groups in total. The van der Waals surface area contributed by atoms with Crippen LogP contribution in [-0.2, 0) is 4.79 Å². The Morgan fingerprint density at radius 2 is 1.94 bits per heavy atom. The minimum atomic E-state index is -0.000452. The van der Waals surface area contributed by atoms with Gasteiger partial charge in [-0.25, -0.2) is 0 Å². The summed E-state index contributed by atoms with van der Waals surface area (Å²) < 4.78 is 0. The number of carbonyl (C=O) groups is 1. The Morgan fingerprint density at radius 3 is 2.29 bits per heavy atom. The van der Waals surface area contributed by atoms with E-state index in [0.29, 0.717) is 17.9 Å². The zero-order chi connectivity index (χ0) is 13.1. The minimum Gasteiger partial charge on any atom is -0.342 e. The molecular formula is C14H28N2O. The van der Waals surface area contributed by atoms with Crippen molar-refractivity contribution in [2.24, 2.45) is 23.0 Å². The van der Waals surface area contributed by atoms with Gasteiger partial charge in [-0.1, -0.05) is 27.7 Å². The molecule has 1 aliphatic rings. The Labute approximate surface area is 106 Å². The molecule has 100 valence electrons. The Morgan fingerprint density at radius 1 is 1.35 bits per heavy atom. The zero-order valence-electron chi connectivity index (χ0n) is 11.8. The molecule has 0 aromatic heterocycles. The second-order valence-corrected chi connectivity index (χ2v) is 5.80. The highest BCUT2D eigenvalue weighted by Gasteiger charge is 2.38. The maximum atomic E-state index is 12.4. The fourth-order valence-corrected chi connectivity index (χ4v) is 2.84. The van der Waals surface area contributed by atoms with E-state index in [1.54, 1.807) is 0 Å². The first-order chi connectivity index (χ1) is 7.99. The highest BCUT2D eigenvalue weighted by molar-refractivity contribution is 5.79. The lowest BCUT2D eigenvalue weighted by Gasteiger charge is -2.29. The Kier molecular flexibility index (Phi) is 4.99. The fraction of sp³-hybridized carbons (Fsp3) is 0.929. The molecule has 0 aromatic rings. The first kappa shape index (κ1) is 14.5. The van der Waals surface area contributed by atoms with Crippen LogP contribution in [0.1, 0.15) is 47.0 Å². The van der Waals surface area contributed by atoms with Crippen LogP contribution in [0.3, 0.4) is 0 Å². The summed E-state index contributed by atoms with van der Waals surface area (Å²) in [6.45, 7) is 11.0. The van der Waals surface area contributed by atoms with Gasteiger partial charge >= 0.3 is 0 Å². The molecule has 1 unspecified atom stereocenters. The maximum absolute atomic E-state index is 12.4. The van der Waals surface area contributed by atoms with Gasteiger partial charge in [0.05, 0.1) is 5.92 Å². The number of likely N-dealkylation sites (tertiary alicyclic amines) is 1. The smallest absolute Gasteiger partial charge is 0.227 e. The molecule has 1 amide bonds. The minimum absolute atomic E-state index is 0.000452. The third-order valence-corrected chi connectivity index (χ3v) is 4.63. The fourth-order valence-electron chi connectivity index (χ4n) is 2.84. The summed E-state index contributed by atoms with van der Waals surface area (Å²) in [5.41, 5.74) is 6.09. The number of amides is 1. The van der Waals surface area contributed by atoms with Gasteiger partial charge in [0.25, 0.3) is 0 Å². The third kappa shape index (κ3) is 3.01. The Hall–Kier alpha value is -0.570. The van der Waals surface area contributed by atoms with Crippen LogP contribution in [0.2, 0.25) is 0 Å². The Balaban J connectivity index is 2.67. The van der Waals surface area contributed by atoms with Gasteiger partial charge in [0.2, 0.25) is 5.91 Å². The van der Waals surface area contributed by atoms with Gasteiger partial charge in [-0.2, -0.15) is 0 Å². The predicted octanol–water partition coefficient (Wildman–Crippen LogP) is 2.26. The second-order valence-electron chi connectivity index (χ2n) is 5.80. The Bertz CT molecular complexity index is 259. The molecule has 3 heteroatoms. The average Bonchev–Trinajstić information content (AvgIpc) is 2.74. The third-order valence-electron chi connectivity index (χ3n) is 4.63. The van der Waals surface area contributed by atoms with E-state index in [2.05, 4.69) is 27.7 Å². The van der Waals surface area contributed by atoms with Crippen molar-refractivity contribution in [1.29, 1.82) is 0 Å². The van der Waals surface area contributed by atoms with Crippen LogP contribution < -0.4 is 5.73 Å². The molecule has 1 aliphatic heterocycles. The highest BCUT2D eigenvalue weighted by Crippen LogP contribution is 2.37. The topological polar surface area (TPSA) is 46.3 Å². The van der Waals surface area contributed by atoms with Crippen LogP contribution in [-0.4, -0.2) is 30.4 Å². The molecular weight excluding hydrogens is 212 g/mol. The van der Waals surface area contributed by atoms with Gasteiger partial charge in [0, 0.05) is 19.6 Å². The van der Waals surface area contributed by atoms with Crippen molar-refractivity contribution in [1.82, 2.24) is 4.90 Å². The normalized spacial score (nSPS) is 20.9. The van der Waals surface area contributed by atoms with E-state index in [4.69, 9.17) is 5.73 Å². The molecule has 1 fully saturated rings. The number of nitrogens with zero attached hydrogens (tertiary/aromatic N) is 1. The molecule has 1 rings (SSSR count). The molecule has 3 nitrogen and oxygen atoms in total. The molecule has 0 saturated carbocycles. The lowest BCUT2D eigenvalue weighted by atomic mass is 9.82. The summed E-state index contributed by atoms with van der Waals surface area (Å²) in [6.07, 6.45) is 3.49. The number of nitrogens with two attached hydrogens (primary N) is 1. The molecule has 0 aliphatic carbocycles. The lowest BCUT2D eigenvalue weighted by Crippen LogP contribution is -2.41. The monoisotopic (exact) mass is 240 g/mol. The van der Waals surface area contributed by atoms with Gasteiger partial charge < -0.3 is 10.6 Å². The van der Waals surface area contributed by atoms with Crippen LogP contribution in [0, 0.1) is 17.3 Å². The standard InChI is InChI=1S/C14H28N2O/c1-5-14(6-2)7-8-16(10-14)13(17)12(9-15)11(3)4/h11-12H,5-10,15H2,1-4H3. The molecule has 1 heterocycles. The molecule has 17 heavy (non-hydrogen) atoms. The van der Waals surface area contributed by atoms with Gasteiger partial charge in [-0.15, -0.1) is 0 Å². The average molecular weight is 240 g/mol. The highest BCUT2D eigenvalue weighted by atomic mass is 16.2. The second kappa shape index (κ2) is 5.85. The number of hydrogen-bond acceptors (Lipinski definition) is 2. The van der Waals surface area contributed by atoms with Crippen LogP contribution in [0.25, 0.3) is 0 Å². The van der Waals surface area contributed by atoms with Crippen molar-refractivity contribution in [3.05, 3.63) is 0 Å². The first-order valence-corrected chi connectivity index (χ1v) is 6.98. The van der Waals surface area contributed by atoms with Crippen molar-refractivity contribution in [3.63, 3.8) is 0 Å². The molecule has 1 saturated heterocycles. The molecule has 0 spiro atoms. The first-order valence-electron chi connectivity index (χ1n) is 6.98. The van der Waals surface area contributed by atoms with E-state index < -0.39 is 0 Å². The van der Waals surface area contributed by atoms with Crippen LogP contribution >= 0.6 is 0 Å².